The van der Waals surface area contributed by atoms with Crippen molar-refractivity contribution in [1.82, 2.24) is 4.90 Å². The van der Waals surface area contributed by atoms with Crippen LogP contribution in [-0.4, -0.2) is 34.6 Å². The molecule has 3 unspecified atom stereocenters. The summed E-state index contributed by atoms with van der Waals surface area (Å²) in [7, 11) is 0. The Kier molecular flexibility index (Phi) is 5.70. The molecule has 0 amide bonds. The van der Waals surface area contributed by atoms with E-state index in [0.29, 0.717) is 23.9 Å². The molecule has 1 heterocycles. The summed E-state index contributed by atoms with van der Waals surface area (Å²) in [5, 5.41) is 9.00. The van der Waals surface area contributed by atoms with Crippen LogP contribution in [0.1, 0.15) is 78.6 Å². The summed E-state index contributed by atoms with van der Waals surface area (Å²) >= 11 is 0. The minimum atomic E-state index is -0.642. The van der Waals surface area contributed by atoms with E-state index in [9.17, 15) is 4.79 Å². The predicted molar refractivity (Wildman–Crippen MR) is 86.4 cm³/mol. The van der Waals surface area contributed by atoms with Crippen molar-refractivity contribution in [2.45, 2.75) is 90.6 Å². The van der Waals surface area contributed by atoms with E-state index in [4.69, 9.17) is 5.11 Å². The largest absolute Gasteiger partial charge is 0.481 e. The Morgan fingerprint density at radius 2 is 1.76 bits per heavy atom. The van der Waals surface area contributed by atoms with Gasteiger partial charge in [0, 0.05) is 18.5 Å². The summed E-state index contributed by atoms with van der Waals surface area (Å²) in [5.41, 5.74) is 0.361. The average molecular weight is 295 g/mol. The van der Waals surface area contributed by atoms with Crippen LogP contribution in [0.5, 0.6) is 0 Å². The quantitative estimate of drug-likeness (QED) is 0.840. The number of hydrogen-bond donors (Lipinski definition) is 1. The SMILES string of the molecule is CC(C)(C)C1CCCCC1N1CCCCC1CCC(=O)O. The molecule has 0 aromatic carbocycles. The summed E-state index contributed by atoms with van der Waals surface area (Å²) in [6, 6.07) is 1.18. The molecular weight excluding hydrogens is 262 g/mol. The van der Waals surface area contributed by atoms with E-state index >= 15 is 0 Å². The molecule has 122 valence electrons. The lowest BCUT2D eigenvalue weighted by atomic mass is 9.68. The van der Waals surface area contributed by atoms with Gasteiger partial charge in [-0.05, 0) is 50.0 Å². The third-order valence-electron chi connectivity index (χ3n) is 5.63. The number of hydrogen-bond acceptors (Lipinski definition) is 2. The van der Waals surface area contributed by atoms with Gasteiger partial charge in [0.2, 0.25) is 0 Å². The molecule has 3 nitrogen and oxygen atoms in total. The molecule has 3 atom stereocenters. The fourth-order valence-electron chi connectivity index (χ4n) is 4.58. The molecule has 0 spiro atoms. The van der Waals surface area contributed by atoms with E-state index in [1.165, 1.54) is 51.5 Å². The molecule has 1 N–H and O–H groups in total. The highest BCUT2D eigenvalue weighted by Crippen LogP contribution is 2.42. The van der Waals surface area contributed by atoms with Crippen LogP contribution in [0.15, 0.2) is 0 Å². The van der Waals surface area contributed by atoms with Crippen molar-refractivity contribution in [3.8, 4) is 0 Å². The Balaban J connectivity index is 2.08. The van der Waals surface area contributed by atoms with Crippen molar-refractivity contribution in [1.29, 1.82) is 0 Å². The second-order valence-corrected chi connectivity index (χ2v) is 8.14. The molecule has 1 aliphatic heterocycles. The Bertz CT molecular complexity index is 348. The van der Waals surface area contributed by atoms with E-state index in [-0.39, 0.29) is 0 Å². The maximum atomic E-state index is 10.9. The third kappa shape index (κ3) is 4.45. The van der Waals surface area contributed by atoms with E-state index in [1.54, 1.807) is 0 Å². The van der Waals surface area contributed by atoms with Gasteiger partial charge >= 0.3 is 5.97 Å². The Morgan fingerprint density at radius 3 is 2.43 bits per heavy atom. The lowest BCUT2D eigenvalue weighted by Crippen LogP contribution is -2.53. The maximum absolute atomic E-state index is 10.9. The molecule has 0 aromatic rings. The van der Waals surface area contributed by atoms with Gasteiger partial charge < -0.3 is 5.11 Å². The summed E-state index contributed by atoms with van der Waals surface area (Å²) in [5.74, 6) is 0.119. The molecule has 1 saturated heterocycles. The zero-order chi connectivity index (χ0) is 15.5. The number of carboxylic acids is 1. The Morgan fingerprint density at radius 1 is 1.10 bits per heavy atom. The number of aliphatic carboxylic acids is 1. The van der Waals surface area contributed by atoms with Crippen LogP contribution < -0.4 is 0 Å². The predicted octanol–water partition coefficient (Wildman–Crippen LogP) is 4.31. The van der Waals surface area contributed by atoms with Crippen molar-refractivity contribution in [3.63, 3.8) is 0 Å². The molecule has 0 radical (unpaired) electrons. The fraction of sp³-hybridized carbons (Fsp3) is 0.944. The van der Waals surface area contributed by atoms with E-state index in [2.05, 4.69) is 25.7 Å². The summed E-state index contributed by atoms with van der Waals surface area (Å²) in [6.45, 7) is 8.33. The second-order valence-electron chi connectivity index (χ2n) is 8.14. The first-order valence-corrected chi connectivity index (χ1v) is 8.87. The van der Waals surface area contributed by atoms with E-state index < -0.39 is 5.97 Å². The van der Waals surface area contributed by atoms with Crippen molar-refractivity contribution in [2.24, 2.45) is 11.3 Å². The van der Waals surface area contributed by atoms with Crippen molar-refractivity contribution in [2.75, 3.05) is 6.54 Å². The number of carbonyl (C=O) groups is 1. The van der Waals surface area contributed by atoms with Crippen LogP contribution in [0.25, 0.3) is 0 Å². The van der Waals surface area contributed by atoms with Crippen LogP contribution >= 0.6 is 0 Å². The fourth-order valence-corrected chi connectivity index (χ4v) is 4.58. The van der Waals surface area contributed by atoms with Crippen LogP contribution in [0, 0.1) is 11.3 Å². The molecule has 21 heavy (non-hydrogen) atoms. The first-order chi connectivity index (χ1) is 9.89. The smallest absolute Gasteiger partial charge is 0.303 e. The zero-order valence-electron chi connectivity index (χ0n) is 14.1. The van der Waals surface area contributed by atoms with Gasteiger partial charge in [-0.25, -0.2) is 0 Å². The molecule has 1 saturated carbocycles. The number of carboxylic acid groups (broad SMARTS) is 1. The highest BCUT2D eigenvalue weighted by Gasteiger charge is 2.40. The molecule has 1 aliphatic carbocycles. The van der Waals surface area contributed by atoms with Crippen LogP contribution in [0.2, 0.25) is 0 Å². The van der Waals surface area contributed by atoms with Gasteiger partial charge in [-0.15, -0.1) is 0 Å². The maximum Gasteiger partial charge on any atom is 0.303 e. The zero-order valence-corrected chi connectivity index (χ0v) is 14.1. The number of likely N-dealkylation sites (tertiary alicyclic amines) is 1. The lowest BCUT2D eigenvalue weighted by Gasteiger charge is -2.50. The summed E-state index contributed by atoms with van der Waals surface area (Å²) in [4.78, 5) is 13.6. The van der Waals surface area contributed by atoms with Gasteiger partial charge in [-0.2, -0.15) is 0 Å². The molecule has 2 fully saturated rings. The minimum absolute atomic E-state index is 0.327. The molecule has 0 aromatic heterocycles. The monoisotopic (exact) mass is 295 g/mol. The first kappa shape index (κ1) is 16.8. The van der Waals surface area contributed by atoms with Gasteiger partial charge in [0.05, 0.1) is 0 Å². The first-order valence-electron chi connectivity index (χ1n) is 8.87. The number of piperidine rings is 1. The van der Waals surface area contributed by atoms with Gasteiger partial charge in [0.15, 0.2) is 0 Å². The normalized spacial score (nSPS) is 32.0. The summed E-state index contributed by atoms with van der Waals surface area (Å²) < 4.78 is 0. The second kappa shape index (κ2) is 7.13. The molecule has 2 aliphatic rings. The summed E-state index contributed by atoms with van der Waals surface area (Å²) in [6.07, 6.45) is 10.3. The number of nitrogens with zero attached hydrogens (tertiary/aromatic N) is 1. The molecule has 0 bridgehead atoms. The van der Waals surface area contributed by atoms with Crippen molar-refractivity contribution >= 4 is 5.97 Å². The van der Waals surface area contributed by atoms with Gasteiger partial charge in [0.1, 0.15) is 0 Å². The minimum Gasteiger partial charge on any atom is -0.481 e. The van der Waals surface area contributed by atoms with Crippen LogP contribution in [0.3, 0.4) is 0 Å². The van der Waals surface area contributed by atoms with Gasteiger partial charge in [-0.1, -0.05) is 40.0 Å². The van der Waals surface area contributed by atoms with Gasteiger partial charge in [0.25, 0.3) is 0 Å². The van der Waals surface area contributed by atoms with E-state index in [0.717, 1.165) is 12.3 Å². The van der Waals surface area contributed by atoms with E-state index in [1.807, 2.05) is 0 Å². The molecule has 3 heteroatoms. The number of rotatable bonds is 4. The standard InChI is InChI=1S/C18H33NO2/c1-18(2,3)15-9-4-5-10-16(15)19-13-7-6-8-14(19)11-12-17(20)21/h14-16H,4-13H2,1-3H3,(H,20,21). The van der Waals surface area contributed by atoms with Crippen molar-refractivity contribution in [3.05, 3.63) is 0 Å². The highest BCUT2D eigenvalue weighted by molar-refractivity contribution is 5.66. The van der Waals surface area contributed by atoms with Crippen LogP contribution in [0.4, 0.5) is 0 Å². The van der Waals surface area contributed by atoms with Gasteiger partial charge in [-0.3, -0.25) is 9.69 Å². The average Bonchev–Trinajstić information content (AvgIpc) is 2.44. The Hall–Kier alpha value is -0.570. The van der Waals surface area contributed by atoms with Crippen LogP contribution in [-0.2, 0) is 4.79 Å². The Labute approximate surface area is 130 Å². The van der Waals surface area contributed by atoms with Crippen molar-refractivity contribution < 1.29 is 9.90 Å². The molecular formula is C18H33NO2. The highest BCUT2D eigenvalue weighted by atomic mass is 16.4. The lowest BCUT2D eigenvalue weighted by molar-refractivity contribution is -0.137. The topological polar surface area (TPSA) is 40.5 Å². The third-order valence-corrected chi connectivity index (χ3v) is 5.63. The molecule has 2 rings (SSSR count).